The van der Waals surface area contributed by atoms with Crippen molar-refractivity contribution in [1.82, 2.24) is 24.4 Å². The van der Waals surface area contributed by atoms with Crippen molar-refractivity contribution in [2.75, 3.05) is 6.54 Å². The molecule has 3 rings (SSSR count). The molecule has 2 aromatic rings. The smallest absolute Gasteiger partial charge is 0.254 e. The van der Waals surface area contributed by atoms with Crippen LogP contribution >= 0.6 is 0 Å². The minimum atomic E-state index is -0.0781. The molecule has 0 saturated heterocycles. The first kappa shape index (κ1) is 15.5. The Kier molecular flexibility index (Phi) is 4.27. The zero-order chi connectivity index (χ0) is 16.4. The molecule has 1 amide bonds. The predicted molar refractivity (Wildman–Crippen MR) is 84.9 cm³/mol. The topological polar surface area (TPSA) is 83.9 Å². The SMILES string of the molecule is CCc1nccn1CCC(=O)N1CCc2c(nc(C)[nH]c2=O)C1. The van der Waals surface area contributed by atoms with Crippen molar-refractivity contribution in [3.8, 4) is 0 Å². The lowest BCUT2D eigenvalue weighted by molar-refractivity contribution is -0.132. The van der Waals surface area contributed by atoms with Gasteiger partial charge in [-0.25, -0.2) is 9.97 Å². The van der Waals surface area contributed by atoms with E-state index in [4.69, 9.17) is 0 Å². The molecule has 122 valence electrons. The van der Waals surface area contributed by atoms with Gasteiger partial charge in [0.25, 0.3) is 5.56 Å². The number of fused-ring (bicyclic) bond motifs is 1. The molecular formula is C16H21N5O2. The van der Waals surface area contributed by atoms with E-state index in [0.29, 0.717) is 43.9 Å². The molecule has 0 atom stereocenters. The molecular weight excluding hydrogens is 294 g/mol. The van der Waals surface area contributed by atoms with Crippen molar-refractivity contribution in [2.45, 2.75) is 46.2 Å². The summed E-state index contributed by atoms with van der Waals surface area (Å²) in [6.07, 6.45) is 5.52. The highest BCUT2D eigenvalue weighted by molar-refractivity contribution is 5.76. The third-order valence-corrected chi connectivity index (χ3v) is 4.23. The van der Waals surface area contributed by atoms with Crippen molar-refractivity contribution in [3.05, 3.63) is 45.7 Å². The number of aromatic nitrogens is 4. The summed E-state index contributed by atoms with van der Waals surface area (Å²) in [7, 11) is 0. The minimum Gasteiger partial charge on any atom is -0.336 e. The van der Waals surface area contributed by atoms with E-state index in [9.17, 15) is 9.59 Å². The van der Waals surface area contributed by atoms with Crippen LogP contribution in [0.3, 0.4) is 0 Å². The zero-order valence-corrected chi connectivity index (χ0v) is 13.5. The number of nitrogens with one attached hydrogen (secondary N) is 1. The van der Waals surface area contributed by atoms with Gasteiger partial charge in [-0.2, -0.15) is 0 Å². The van der Waals surface area contributed by atoms with Crippen molar-refractivity contribution >= 4 is 5.91 Å². The maximum atomic E-state index is 12.5. The van der Waals surface area contributed by atoms with Crippen LogP contribution in [-0.2, 0) is 30.7 Å². The molecule has 1 aliphatic heterocycles. The predicted octanol–water partition coefficient (Wildman–Crippen LogP) is 0.812. The Morgan fingerprint density at radius 2 is 2.26 bits per heavy atom. The molecule has 3 heterocycles. The number of aryl methyl sites for hydroxylation is 3. The monoisotopic (exact) mass is 315 g/mol. The van der Waals surface area contributed by atoms with Gasteiger partial charge in [-0.05, 0) is 13.3 Å². The molecule has 1 aliphatic rings. The summed E-state index contributed by atoms with van der Waals surface area (Å²) in [6.45, 7) is 5.43. The number of imidazole rings is 1. The summed E-state index contributed by atoms with van der Waals surface area (Å²) < 4.78 is 2.02. The van der Waals surface area contributed by atoms with Gasteiger partial charge in [0, 0.05) is 43.9 Å². The molecule has 0 unspecified atom stereocenters. The molecule has 0 fully saturated rings. The third-order valence-electron chi connectivity index (χ3n) is 4.23. The Bertz CT molecular complexity index is 777. The highest BCUT2D eigenvalue weighted by atomic mass is 16.2. The van der Waals surface area contributed by atoms with E-state index in [1.807, 2.05) is 17.7 Å². The number of hydrogen-bond acceptors (Lipinski definition) is 4. The summed E-state index contributed by atoms with van der Waals surface area (Å²) in [4.78, 5) is 37.5. The van der Waals surface area contributed by atoms with Crippen LogP contribution in [0.4, 0.5) is 0 Å². The third kappa shape index (κ3) is 3.18. The fraction of sp³-hybridized carbons (Fsp3) is 0.500. The highest BCUT2D eigenvalue weighted by Gasteiger charge is 2.23. The number of carbonyl (C=O) groups is 1. The van der Waals surface area contributed by atoms with Gasteiger partial charge in [-0.1, -0.05) is 6.92 Å². The van der Waals surface area contributed by atoms with Crippen LogP contribution in [0.5, 0.6) is 0 Å². The van der Waals surface area contributed by atoms with Crippen molar-refractivity contribution in [3.63, 3.8) is 0 Å². The first-order valence-electron chi connectivity index (χ1n) is 7.95. The first-order valence-corrected chi connectivity index (χ1v) is 7.95. The van der Waals surface area contributed by atoms with Gasteiger partial charge in [0.1, 0.15) is 11.6 Å². The number of nitrogens with zero attached hydrogens (tertiary/aromatic N) is 4. The molecule has 0 spiro atoms. The lowest BCUT2D eigenvalue weighted by Gasteiger charge is -2.28. The maximum Gasteiger partial charge on any atom is 0.254 e. The van der Waals surface area contributed by atoms with E-state index in [-0.39, 0.29) is 11.5 Å². The second-order valence-electron chi connectivity index (χ2n) is 5.78. The molecule has 7 nitrogen and oxygen atoms in total. The average molecular weight is 315 g/mol. The van der Waals surface area contributed by atoms with Gasteiger partial charge in [-0.15, -0.1) is 0 Å². The Labute approximate surface area is 134 Å². The molecule has 23 heavy (non-hydrogen) atoms. The average Bonchev–Trinajstić information content (AvgIpc) is 2.99. The molecule has 0 saturated carbocycles. The van der Waals surface area contributed by atoms with Crippen molar-refractivity contribution < 1.29 is 4.79 Å². The van der Waals surface area contributed by atoms with E-state index in [0.717, 1.165) is 17.9 Å². The maximum absolute atomic E-state index is 12.5. The quantitative estimate of drug-likeness (QED) is 0.905. The molecule has 7 heteroatoms. The summed E-state index contributed by atoms with van der Waals surface area (Å²) in [5.41, 5.74) is 1.36. The summed E-state index contributed by atoms with van der Waals surface area (Å²) in [5.74, 6) is 1.67. The van der Waals surface area contributed by atoms with Crippen LogP contribution in [0.15, 0.2) is 17.2 Å². The fourth-order valence-electron chi connectivity index (χ4n) is 3.01. The number of rotatable bonds is 4. The highest BCUT2D eigenvalue weighted by Crippen LogP contribution is 2.15. The van der Waals surface area contributed by atoms with Gasteiger partial charge >= 0.3 is 0 Å². The first-order chi connectivity index (χ1) is 11.1. The van der Waals surface area contributed by atoms with Crippen molar-refractivity contribution in [1.29, 1.82) is 0 Å². The van der Waals surface area contributed by atoms with Gasteiger partial charge in [0.15, 0.2) is 0 Å². The van der Waals surface area contributed by atoms with Crippen LogP contribution < -0.4 is 5.56 Å². The second kappa shape index (κ2) is 6.36. The standard InChI is InChI=1S/C16H21N5O2/c1-3-14-17-6-9-20(14)8-5-15(22)21-7-4-12-13(10-21)18-11(2)19-16(12)23/h6,9H,3-5,7-8,10H2,1-2H3,(H,18,19,23). The van der Waals surface area contributed by atoms with Gasteiger partial charge in [-0.3, -0.25) is 9.59 Å². The van der Waals surface area contributed by atoms with Gasteiger partial charge in [0.05, 0.1) is 12.2 Å². The van der Waals surface area contributed by atoms with E-state index in [2.05, 4.69) is 15.0 Å². The van der Waals surface area contributed by atoms with Crippen LogP contribution in [0.2, 0.25) is 0 Å². The van der Waals surface area contributed by atoms with Gasteiger partial charge in [0.2, 0.25) is 5.91 Å². The second-order valence-corrected chi connectivity index (χ2v) is 5.78. The van der Waals surface area contributed by atoms with E-state index < -0.39 is 0 Å². The zero-order valence-electron chi connectivity index (χ0n) is 13.5. The lowest BCUT2D eigenvalue weighted by Crippen LogP contribution is -2.39. The number of amides is 1. The normalized spacial score (nSPS) is 13.9. The van der Waals surface area contributed by atoms with Crippen molar-refractivity contribution in [2.24, 2.45) is 0 Å². The molecule has 0 aromatic carbocycles. The molecule has 1 N–H and O–H groups in total. The van der Waals surface area contributed by atoms with Crippen LogP contribution in [0.25, 0.3) is 0 Å². The Morgan fingerprint density at radius 3 is 3.04 bits per heavy atom. The van der Waals surface area contributed by atoms with Crippen LogP contribution in [0, 0.1) is 6.92 Å². The fourth-order valence-corrected chi connectivity index (χ4v) is 3.01. The van der Waals surface area contributed by atoms with E-state index in [1.54, 1.807) is 18.0 Å². The van der Waals surface area contributed by atoms with Crippen LogP contribution in [0.1, 0.15) is 36.3 Å². The lowest BCUT2D eigenvalue weighted by atomic mass is 10.1. The number of aromatic amines is 1. The summed E-state index contributed by atoms with van der Waals surface area (Å²) in [5, 5.41) is 0. The number of H-pyrrole nitrogens is 1. The molecule has 0 bridgehead atoms. The molecule has 2 aromatic heterocycles. The largest absolute Gasteiger partial charge is 0.336 e. The number of carbonyl (C=O) groups excluding carboxylic acids is 1. The van der Waals surface area contributed by atoms with E-state index >= 15 is 0 Å². The Morgan fingerprint density at radius 1 is 1.43 bits per heavy atom. The number of hydrogen-bond donors (Lipinski definition) is 1. The van der Waals surface area contributed by atoms with Gasteiger partial charge < -0.3 is 14.5 Å². The summed E-state index contributed by atoms with van der Waals surface area (Å²) >= 11 is 0. The Balaban J connectivity index is 1.66. The van der Waals surface area contributed by atoms with E-state index in [1.165, 1.54) is 0 Å². The summed E-state index contributed by atoms with van der Waals surface area (Å²) in [6, 6.07) is 0. The minimum absolute atomic E-state index is 0.0781. The van der Waals surface area contributed by atoms with Crippen LogP contribution in [-0.4, -0.2) is 36.9 Å². The molecule has 0 aliphatic carbocycles. The Hall–Kier alpha value is -2.44. The molecule has 0 radical (unpaired) electrons.